The summed E-state index contributed by atoms with van der Waals surface area (Å²) in [6.45, 7) is 4.55. The fourth-order valence-corrected chi connectivity index (χ4v) is 3.70. The molecule has 1 aromatic heterocycles. The zero-order chi connectivity index (χ0) is 22.0. The van der Waals surface area contributed by atoms with Crippen LogP contribution in [0, 0.1) is 13.8 Å². The lowest BCUT2D eigenvalue weighted by Crippen LogP contribution is -2.33. The second-order valence-electron chi connectivity index (χ2n) is 7.73. The van der Waals surface area contributed by atoms with Crippen LogP contribution in [-0.2, 0) is 17.8 Å². The molecular formula is C24H24N4O3. The average Bonchev–Trinajstić information content (AvgIpc) is 3.19. The van der Waals surface area contributed by atoms with Gasteiger partial charge in [-0.25, -0.2) is 4.68 Å². The Hall–Kier alpha value is -3.74. The lowest BCUT2D eigenvalue weighted by Gasteiger charge is -2.17. The van der Waals surface area contributed by atoms with Gasteiger partial charge in [0.25, 0.3) is 11.5 Å². The van der Waals surface area contributed by atoms with Gasteiger partial charge >= 0.3 is 0 Å². The summed E-state index contributed by atoms with van der Waals surface area (Å²) in [5, 5.41) is 7.11. The molecule has 0 radical (unpaired) electrons. The van der Waals surface area contributed by atoms with Crippen LogP contribution >= 0.6 is 0 Å². The molecule has 1 aliphatic heterocycles. The molecule has 3 aromatic rings. The number of aryl methyl sites for hydroxylation is 3. The standard InChI is InChI=1S/C24H24N4O3/c1-16-7-8-17(2)20(15-16)25-22(29)12-14-28-23(30)10-9-19(26-28)24(31)27-13-11-18-5-3-4-6-21(18)27/h3-10,15H,11-14H2,1-2H3,(H,25,29). The summed E-state index contributed by atoms with van der Waals surface area (Å²) in [6, 6.07) is 16.4. The first-order valence-electron chi connectivity index (χ1n) is 10.3. The van der Waals surface area contributed by atoms with Crippen molar-refractivity contribution in [2.45, 2.75) is 33.2 Å². The molecule has 0 aliphatic carbocycles. The first kappa shape index (κ1) is 20.5. The normalized spacial score (nSPS) is 12.5. The monoisotopic (exact) mass is 416 g/mol. The molecule has 0 saturated heterocycles. The van der Waals surface area contributed by atoms with E-state index in [1.54, 1.807) is 4.90 Å². The van der Waals surface area contributed by atoms with Crippen LogP contribution in [0.5, 0.6) is 0 Å². The molecule has 0 saturated carbocycles. The first-order valence-corrected chi connectivity index (χ1v) is 10.3. The van der Waals surface area contributed by atoms with E-state index in [0.717, 1.165) is 34.5 Å². The lowest BCUT2D eigenvalue weighted by atomic mass is 10.1. The third-order valence-corrected chi connectivity index (χ3v) is 5.44. The molecule has 2 heterocycles. The van der Waals surface area contributed by atoms with Gasteiger partial charge < -0.3 is 10.2 Å². The fourth-order valence-electron chi connectivity index (χ4n) is 3.70. The second-order valence-corrected chi connectivity index (χ2v) is 7.73. The van der Waals surface area contributed by atoms with Crippen molar-refractivity contribution in [3.63, 3.8) is 0 Å². The van der Waals surface area contributed by atoms with Crippen molar-refractivity contribution in [3.8, 4) is 0 Å². The number of rotatable bonds is 5. The summed E-state index contributed by atoms with van der Waals surface area (Å²) in [4.78, 5) is 39.3. The maximum atomic E-state index is 13.0. The molecule has 0 unspecified atom stereocenters. The number of amides is 2. The number of benzene rings is 2. The molecule has 0 atom stereocenters. The van der Waals surface area contributed by atoms with E-state index in [2.05, 4.69) is 10.4 Å². The average molecular weight is 416 g/mol. The molecule has 7 nitrogen and oxygen atoms in total. The van der Waals surface area contributed by atoms with Crippen LogP contribution in [0.15, 0.2) is 59.4 Å². The zero-order valence-corrected chi connectivity index (χ0v) is 17.6. The van der Waals surface area contributed by atoms with E-state index in [9.17, 15) is 14.4 Å². The summed E-state index contributed by atoms with van der Waals surface area (Å²) in [6.07, 6.45) is 0.866. The number of fused-ring (bicyclic) bond motifs is 1. The Labute approximate surface area is 180 Å². The van der Waals surface area contributed by atoms with Gasteiger partial charge in [0.05, 0.1) is 6.54 Å². The lowest BCUT2D eigenvalue weighted by molar-refractivity contribution is -0.116. The minimum atomic E-state index is -0.349. The number of hydrogen-bond acceptors (Lipinski definition) is 4. The van der Waals surface area contributed by atoms with Crippen LogP contribution < -0.4 is 15.8 Å². The van der Waals surface area contributed by atoms with Crippen molar-refractivity contribution >= 4 is 23.2 Å². The van der Waals surface area contributed by atoms with E-state index in [0.29, 0.717) is 6.54 Å². The van der Waals surface area contributed by atoms with Crippen LogP contribution in [0.25, 0.3) is 0 Å². The number of hydrogen-bond donors (Lipinski definition) is 1. The van der Waals surface area contributed by atoms with Gasteiger partial charge in [-0.15, -0.1) is 0 Å². The molecule has 0 bridgehead atoms. The molecule has 2 aromatic carbocycles. The van der Waals surface area contributed by atoms with Gasteiger partial charge in [-0.05, 0) is 55.2 Å². The fraction of sp³-hybridized carbons (Fsp3) is 0.250. The van der Waals surface area contributed by atoms with Crippen LogP contribution in [0.4, 0.5) is 11.4 Å². The molecule has 31 heavy (non-hydrogen) atoms. The Bertz CT molecular complexity index is 1220. The van der Waals surface area contributed by atoms with Gasteiger partial charge in [-0.2, -0.15) is 5.10 Å². The summed E-state index contributed by atoms with van der Waals surface area (Å²) in [5.41, 5.74) is 4.60. The van der Waals surface area contributed by atoms with Crippen molar-refractivity contribution in [1.29, 1.82) is 0 Å². The van der Waals surface area contributed by atoms with Crippen molar-refractivity contribution in [1.82, 2.24) is 9.78 Å². The smallest absolute Gasteiger partial charge is 0.278 e. The molecule has 7 heteroatoms. The number of anilines is 2. The van der Waals surface area contributed by atoms with Gasteiger partial charge in [0.2, 0.25) is 5.91 Å². The number of nitrogens with zero attached hydrogens (tertiary/aromatic N) is 3. The topological polar surface area (TPSA) is 84.3 Å². The third kappa shape index (κ3) is 4.40. The molecule has 2 amide bonds. The predicted molar refractivity (Wildman–Crippen MR) is 119 cm³/mol. The zero-order valence-electron chi connectivity index (χ0n) is 17.6. The quantitative estimate of drug-likeness (QED) is 0.693. The SMILES string of the molecule is Cc1ccc(C)c(NC(=O)CCn2nc(C(=O)N3CCc4ccccc43)ccc2=O)c1. The van der Waals surface area contributed by atoms with Crippen molar-refractivity contribution in [2.24, 2.45) is 0 Å². The summed E-state index contributed by atoms with van der Waals surface area (Å²) in [5.74, 6) is -0.467. The molecular weight excluding hydrogens is 392 g/mol. The van der Waals surface area contributed by atoms with Crippen LogP contribution in [0.2, 0.25) is 0 Å². The molecule has 0 spiro atoms. The van der Waals surface area contributed by atoms with E-state index in [1.165, 1.54) is 16.8 Å². The molecule has 158 valence electrons. The Morgan fingerprint density at radius 2 is 1.87 bits per heavy atom. The Morgan fingerprint density at radius 1 is 1.06 bits per heavy atom. The molecule has 0 fully saturated rings. The third-order valence-electron chi connectivity index (χ3n) is 5.44. The van der Waals surface area contributed by atoms with Crippen LogP contribution in [0.3, 0.4) is 0 Å². The summed E-state index contributed by atoms with van der Waals surface area (Å²) >= 11 is 0. The predicted octanol–water partition coefficient (Wildman–Crippen LogP) is 3.09. The van der Waals surface area contributed by atoms with E-state index >= 15 is 0 Å². The summed E-state index contributed by atoms with van der Waals surface area (Å²) < 4.78 is 1.18. The highest BCUT2D eigenvalue weighted by atomic mass is 16.2. The Morgan fingerprint density at radius 3 is 2.71 bits per heavy atom. The minimum absolute atomic E-state index is 0.0739. The van der Waals surface area contributed by atoms with Crippen molar-refractivity contribution in [2.75, 3.05) is 16.8 Å². The van der Waals surface area contributed by atoms with Crippen LogP contribution in [0.1, 0.15) is 33.6 Å². The van der Waals surface area contributed by atoms with Gasteiger partial charge in [-0.3, -0.25) is 14.4 Å². The molecule has 4 rings (SSSR count). The van der Waals surface area contributed by atoms with E-state index < -0.39 is 0 Å². The van der Waals surface area contributed by atoms with Gasteiger partial charge in [0.1, 0.15) is 5.69 Å². The highest BCUT2D eigenvalue weighted by Crippen LogP contribution is 2.28. The minimum Gasteiger partial charge on any atom is -0.326 e. The number of para-hydroxylation sites is 1. The highest BCUT2D eigenvalue weighted by molar-refractivity contribution is 6.05. The second kappa shape index (κ2) is 8.55. The van der Waals surface area contributed by atoms with Crippen molar-refractivity contribution in [3.05, 3.63) is 87.3 Å². The number of carbonyl (C=O) groups is 2. The maximum absolute atomic E-state index is 13.0. The van der Waals surface area contributed by atoms with Gasteiger partial charge in [0.15, 0.2) is 0 Å². The van der Waals surface area contributed by atoms with E-state index in [-0.39, 0.29) is 36.0 Å². The Kier molecular flexibility index (Phi) is 5.66. The van der Waals surface area contributed by atoms with Gasteiger partial charge in [-0.1, -0.05) is 30.3 Å². The Balaban J connectivity index is 1.46. The number of carbonyl (C=O) groups excluding carboxylic acids is 2. The molecule has 1 aliphatic rings. The first-order chi connectivity index (χ1) is 14.9. The summed E-state index contributed by atoms with van der Waals surface area (Å²) in [7, 11) is 0. The van der Waals surface area contributed by atoms with Crippen molar-refractivity contribution < 1.29 is 9.59 Å². The van der Waals surface area contributed by atoms with Crippen LogP contribution in [-0.4, -0.2) is 28.1 Å². The van der Waals surface area contributed by atoms with E-state index in [4.69, 9.17) is 0 Å². The molecule has 1 N–H and O–H groups in total. The largest absolute Gasteiger partial charge is 0.326 e. The maximum Gasteiger partial charge on any atom is 0.278 e. The number of nitrogens with one attached hydrogen (secondary N) is 1. The highest BCUT2D eigenvalue weighted by Gasteiger charge is 2.26. The number of aromatic nitrogens is 2. The van der Waals surface area contributed by atoms with Gasteiger partial charge in [0, 0.05) is 30.4 Å². The van der Waals surface area contributed by atoms with E-state index in [1.807, 2.05) is 56.3 Å².